The van der Waals surface area contributed by atoms with Gasteiger partial charge in [0.1, 0.15) is 0 Å². The number of aromatic nitrogens is 1. The SMILES string of the molecule is Cc1ccc2c(c1)Cc1npc3cc4cc(C)ccc4cc3c1C2. The molecule has 0 bridgehead atoms. The number of hydrogen-bond donors (Lipinski definition) is 0. The molecule has 5 rings (SSSR count). The Labute approximate surface area is 143 Å². The summed E-state index contributed by atoms with van der Waals surface area (Å²) in [4.78, 5) is 0. The first kappa shape index (κ1) is 14.1. The molecule has 2 heteroatoms. The van der Waals surface area contributed by atoms with Crippen LogP contribution in [0.1, 0.15) is 33.5 Å². The van der Waals surface area contributed by atoms with Crippen molar-refractivity contribution in [3.63, 3.8) is 0 Å². The summed E-state index contributed by atoms with van der Waals surface area (Å²) in [7, 11) is 1.09. The predicted molar refractivity (Wildman–Crippen MR) is 103 cm³/mol. The molecule has 4 aromatic rings. The molecule has 116 valence electrons. The van der Waals surface area contributed by atoms with Crippen LogP contribution in [0.2, 0.25) is 0 Å². The fourth-order valence-corrected chi connectivity index (χ4v) is 4.79. The summed E-state index contributed by atoms with van der Waals surface area (Å²) in [5, 5.41) is 5.41. The van der Waals surface area contributed by atoms with Crippen molar-refractivity contribution >= 4 is 29.6 Å². The van der Waals surface area contributed by atoms with Gasteiger partial charge < -0.3 is 0 Å². The molecule has 0 saturated carbocycles. The fourth-order valence-electron chi connectivity index (χ4n) is 3.86. The first-order chi connectivity index (χ1) is 11.7. The van der Waals surface area contributed by atoms with Gasteiger partial charge in [0.15, 0.2) is 0 Å². The summed E-state index contributed by atoms with van der Waals surface area (Å²) < 4.78 is 4.90. The molecule has 0 unspecified atom stereocenters. The zero-order valence-electron chi connectivity index (χ0n) is 13.9. The van der Waals surface area contributed by atoms with Crippen molar-refractivity contribution in [2.75, 3.05) is 0 Å². The summed E-state index contributed by atoms with van der Waals surface area (Å²) in [6, 6.07) is 18.3. The Morgan fingerprint density at radius 2 is 1.62 bits per heavy atom. The highest BCUT2D eigenvalue weighted by molar-refractivity contribution is 7.32. The van der Waals surface area contributed by atoms with Gasteiger partial charge in [-0.1, -0.05) is 47.5 Å². The van der Waals surface area contributed by atoms with Crippen LogP contribution in [0.15, 0.2) is 48.5 Å². The molecule has 0 atom stereocenters. The van der Waals surface area contributed by atoms with Crippen LogP contribution in [0.3, 0.4) is 0 Å². The van der Waals surface area contributed by atoms with Crippen molar-refractivity contribution in [2.24, 2.45) is 0 Å². The average Bonchev–Trinajstić information content (AvgIpc) is 2.58. The van der Waals surface area contributed by atoms with E-state index in [-0.39, 0.29) is 0 Å². The van der Waals surface area contributed by atoms with Crippen LogP contribution < -0.4 is 0 Å². The molecule has 1 aliphatic carbocycles. The number of rotatable bonds is 0. The molecule has 1 heterocycles. The van der Waals surface area contributed by atoms with E-state index in [1.54, 1.807) is 0 Å². The van der Waals surface area contributed by atoms with Crippen molar-refractivity contribution in [3.05, 3.63) is 82.0 Å². The number of fused-ring (bicyclic) bond motifs is 5. The summed E-state index contributed by atoms with van der Waals surface area (Å²) in [6.45, 7) is 4.32. The Morgan fingerprint density at radius 1 is 0.792 bits per heavy atom. The fraction of sp³-hybridized carbons (Fsp3) is 0.182. The lowest BCUT2D eigenvalue weighted by Crippen LogP contribution is -2.09. The van der Waals surface area contributed by atoms with Crippen molar-refractivity contribution in [1.29, 1.82) is 0 Å². The van der Waals surface area contributed by atoms with Crippen LogP contribution in [0, 0.1) is 13.8 Å². The van der Waals surface area contributed by atoms with E-state index in [4.69, 9.17) is 4.75 Å². The van der Waals surface area contributed by atoms with Gasteiger partial charge in [-0.15, -0.1) is 0 Å². The first-order valence-electron chi connectivity index (χ1n) is 8.44. The smallest absolute Gasteiger partial charge is 0.0538 e. The van der Waals surface area contributed by atoms with E-state index in [1.165, 1.54) is 54.8 Å². The topological polar surface area (TPSA) is 12.9 Å². The molecule has 3 aromatic carbocycles. The van der Waals surface area contributed by atoms with Crippen LogP contribution >= 0.6 is 8.35 Å². The number of aryl methyl sites for hydroxylation is 2. The van der Waals surface area contributed by atoms with Gasteiger partial charge in [0.2, 0.25) is 0 Å². The average molecular weight is 327 g/mol. The molecule has 1 aliphatic rings. The molecule has 1 aromatic heterocycles. The van der Waals surface area contributed by atoms with Crippen LogP contribution in [0.25, 0.3) is 21.3 Å². The highest BCUT2D eigenvalue weighted by atomic mass is 31.0. The summed E-state index contributed by atoms with van der Waals surface area (Å²) in [6.07, 6.45) is 1.99. The molecule has 0 aliphatic heterocycles. The van der Waals surface area contributed by atoms with Gasteiger partial charge in [0, 0.05) is 26.3 Å². The van der Waals surface area contributed by atoms with Crippen LogP contribution in [-0.2, 0) is 12.8 Å². The zero-order valence-corrected chi connectivity index (χ0v) is 14.8. The number of hydrogen-bond acceptors (Lipinski definition) is 1. The molecule has 1 nitrogen and oxygen atoms in total. The molecular formula is C22H18NP. The summed E-state index contributed by atoms with van der Waals surface area (Å²) >= 11 is 0. The highest BCUT2D eigenvalue weighted by Crippen LogP contribution is 2.36. The van der Waals surface area contributed by atoms with E-state index < -0.39 is 0 Å². The lowest BCUT2D eigenvalue weighted by molar-refractivity contribution is 0.974. The minimum atomic E-state index is 0.977. The third-order valence-corrected chi connectivity index (χ3v) is 6.08. The maximum atomic E-state index is 4.90. The van der Waals surface area contributed by atoms with Gasteiger partial charge >= 0.3 is 0 Å². The molecule has 0 fully saturated rings. The van der Waals surface area contributed by atoms with Gasteiger partial charge in [-0.05, 0) is 58.8 Å². The van der Waals surface area contributed by atoms with Crippen LogP contribution in [0.5, 0.6) is 0 Å². The van der Waals surface area contributed by atoms with Gasteiger partial charge in [-0.2, -0.15) is 0 Å². The van der Waals surface area contributed by atoms with Crippen LogP contribution in [-0.4, -0.2) is 4.75 Å². The Kier molecular flexibility index (Phi) is 3.02. The number of benzene rings is 3. The Morgan fingerprint density at radius 3 is 2.54 bits per heavy atom. The Bertz CT molecular complexity index is 1130. The van der Waals surface area contributed by atoms with E-state index in [2.05, 4.69) is 62.4 Å². The van der Waals surface area contributed by atoms with E-state index in [0.29, 0.717) is 0 Å². The van der Waals surface area contributed by atoms with Gasteiger partial charge in [-0.25, -0.2) is 4.75 Å². The van der Waals surface area contributed by atoms with Crippen molar-refractivity contribution in [2.45, 2.75) is 26.7 Å². The van der Waals surface area contributed by atoms with Gasteiger partial charge in [-0.3, -0.25) is 0 Å². The van der Waals surface area contributed by atoms with Crippen molar-refractivity contribution < 1.29 is 0 Å². The minimum Gasteiger partial charge on any atom is -0.231 e. The van der Waals surface area contributed by atoms with Crippen LogP contribution in [0.4, 0.5) is 0 Å². The molecule has 0 radical (unpaired) electrons. The molecule has 24 heavy (non-hydrogen) atoms. The second kappa shape index (κ2) is 5.13. The maximum Gasteiger partial charge on any atom is 0.0538 e. The minimum absolute atomic E-state index is 0.977. The van der Waals surface area contributed by atoms with E-state index in [9.17, 15) is 0 Å². The lowest BCUT2D eigenvalue weighted by atomic mass is 9.87. The molecule has 0 amide bonds. The van der Waals surface area contributed by atoms with Crippen molar-refractivity contribution in [1.82, 2.24) is 4.75 Å². The molecular weight excluding hydrogens is 309 g/mol. The second-order valence-electron chi connectivity index (χ2n) is 6.97. The Balaban J connectivity index is 1.76. The maximum absolute atomic E-state index is 4.90. The van der Waals surface area contributed by atoms with E-state index in [0.717, 1.165) is 21.2 Å². The monoisotopic (exact) mass is 327 g/mol. The summed E-state index contributed by atoms with van der Waals surface area (Å²) in [5.41, 5.74) is 8.29. The molecule has 0 saturated heterocycles. The zero-order chi connectivity index (χ0) is 16.3. The molecule has 0 spiro atoms. The Hall–Kier alpha value is -2.24. The van der Waals surface area contributed by atoms with E-state index >= 15 is 0 Å². The van der Waals surface area contributed by atoms with E-state index in [1.807, 2.05) is 0 Å². The third-order valence-electron chi connectivity index (χ3n) is 5.15. The standard InChI is InChI=1S/C22H18NP/c1-13-3-5-15-9-19-20-10-16-6-4-14(2)8-18(16)12-22(20)24-23-21(19)11-17(15)7-13/h3-8,10,12H,9,11H2,1-2H3. The molecule has 0 N–H and O–H groups in total. The lowest BCUT2D eigenvalue weighted by Gasteiger charge is -2.21. The number of nitrogens with zero attached hydrogens (tertiary/aromatic N) is 1. The normalized spacial score (nSPS) is 13.4. The second-order valence-corrected chi connectivity index (χ2v) is 7.85. The first-order valence-corrected chi connectivity index (χ1v) is 9.29. The summed E-state index contributed by atoms with van der Waals surface area (Å²) in [5.74, 6) is 0. The van der Waals surface area contributed by atoms with Crippen molar-refractivity contribution in [3.8, 4) is 0 Å². The van der Waals surface area contributed by atoms with Gasteiger partial charge in [0.05, 0.1) is 5.69 Å². The largest absolute Gasteiger partial charge is 0.231 e. The third kappa shape index (κ3) is 2.16. The highest BCUT2D eigenvalue weighted by Gasteiger charge is 2.19. The van der Waals surface area contributed by atoms with Gasteiger partial charge in [0.25, 0.3) is 0 Å². The quantitative estimate of drug-likeness (QED) is 0.314. The predicted octanol–water partition coefficient (Wildman–Crippen LogP) is 6.08.